The van der Waals surface area contributed by atoms with Crippen LogP contribution in [0.4, 0.5) is 11.6 Å². The monoisotopic (exact) mass is 229 g/mol. The summed E-state index contributed by atoms with van der Waals surface area (Å²) in [5.41, 5.74) is 2.54. The first-order valence-corrected chi connectivity index (χ1v) is 5.71. The fraction of sp³-hybridized carbons (Fsp3) is 0.333. The lowest BCUT2D eigenvalue weighted by atomic mass is 10.1. The van der Waals surface area contributed by atoms with Crippen molar-refractivity contribution < 1.29 is 0 Å². The molecule has 0 radical (unpaired) electrons. The molecule has 1 unspecified atom stereocenters. The van der Waals surface area contributed by atoms with Crippen LogP contribution in [0.5, 0.6) is 0 Å². The molecule has 5 nitrogen and oxygen atoms in total. The molecule has 88 valence electrons. The van der Waals surface area contributed by atoms with E-state index in [4.69, 9.17) is 0 Å². The van der Waals surface area contributed by atoms with Crippen LogP contribution in [0.3, 0.4) is 0 Å². The maximum absolute atomic E-state index is 4.24. The molecule has 0 spiro atoms. The third-order valence-electron chi connectivity index (χ3n) is 3.21. The van der Waals surface area contributed by atoms with Gasteiger partial charge >= 0.3 is 0 Å². The summed E-state index contributed by atoms with van der Waals surface area (Å²) in [6.07, 6.45) is 0.964. The fourth-order valence-corrected chi connectivity index (χ4v) is 2.32. The van der Waals surface area contributed by atoms with E-state index in [2.05, 4.69) is 39.0 Å². The van der Waals surface area contributed by atoms with Crippen LogP contribution in [0.25, 0.3) is 0 Å². The van der Waals surface area contributed by atoms with E-state index >= 15 is 0 Å². The largest absolute Gasteiger partial charge is 0.375 e. The van der Waals surface area contributed by atoms with Crippen molar-refractivity contribution >= 4 is 11.6 Å². The van der Waals surface area contributed by atoms with Crippen molar-refractivity contribution in [1.29, 1.82) is 0 Å². The second-order valence-corrected chi connectivity index (χ2v) is 4.25. The van der Waals surface area contributed by atoms with Crippen molar-refractivity contribution in [2.45, 2.75) is 12.5 Å². The minimum absolute atomic E-state index is 0.215. The molecule has 1 aliphatic rings. The topological polar surface area (TPSA) is 54.8 Å². The number of nitrogens with one attached hydrogen (secondary N) is 2. The molecule has 0 bridgehead atoms. The van der Waals surface area contributed by atoms with Gasteiger partial charge in [0.15, 0.2) is 5.82 Å². The number of anilines is 2. The van der Waals surface area contributed by atoms with E-state index < -0.39 is 0 Å². The molecule has 0 saturated carbocycles. The van der Waals surface area contributed by atoms with E-state index in [-0.39, 0.29) is 6.04 Å². The molecule has 1 aromatic carbocycles. The first-order valence-electron chi connectivity index (χ1n) is 5.71. The predicted molar refractivity (Wildman–Crippen MR) is 67.1 cm³/mol. The third-order valence-corrected chi connectivity index (χ3v) is 3.21. The smallest absolute Gasteiger partial charge is 0.224 e. The summed E-state index contributed by atoms with van der Waals surface area (Å²) in [5.74, 6) is 1.75. The SMILES string of the molecule is CNc1nnc(C2Cc3ccccc3N2)n1C. The second-order valence-electron chi connectivity index (χ2n) is 4.25. The molecule has 17 heavy (non-hydrogen) atoms. The molecule has 0 fully saturated rings. The summed E-state index contributed by atoms with van der Waals surface area (Å²) in [5, 5.41) is 14.8. The number of nitrogens with zero attached hydrogens (tertiary/aromatic N) is 3. The Morgan fingerprint density at radius 2 is 2.18 bits per heavy atom. The summed E-state index contributed by atoms with van der Waals surface area (Å²) < 4.78 is 1.99. The molecule has 1 aromatic heterocycles. The summed E-state index contributed by atoms with van der Waals surface area (Å²) in [6.45, 7) is 0. The third kappa shape index (κ3) is 1.54. The van der Waals surface area contributed by atoms with Crippen molar-refractivity contribution in [3.63, 3.8) is 0 Å². The zero-order valence-corrected chi connectivity index (χ0v) is 9.94. The predicted octanol–water partition coefficient (Wildman–Crippen LogP) is 1.57. The minimum Gasteiger partial charge on any atom is -0.375 e. The fourth-order valence-electron chi connectivity index (χ4n) is 2.32. The van der Waals surface area contributed by atoms with Gasteiger partial charge in [0.1, 0.15) is 0 Å². The van der Waals surface area contributed by atoms with Crippen LogP contribution >= 0.6 is 0 Å². The van der Waals surface area contributed by atoms with Crippen molar-refractivity contribution in [2.75, 3.05) is 17.7 Å². The lowest BCUT2D eigenvalue weighted by Gasteiger charge is -2.10. The maximum atomic E-state index is 4.24. The van der Waals surface area contributed by atoms with Crippen molar-refractivity contribution in [3.05, 3.63) is 35.7 Å². The van der Waals surface area contributed by atoms with E-state index in [0.717, 1.165) is 18.2 Å². The Balaban J connectivity index is 1.91. The van der Waals surface area contributed by atoms with Gasteiger partial charge in [-0.15, -0.1) is 10.2 Å². The van der Waals surface area contributed by atoms with Crippen LogP contribution in [0.2, 0.25) is 0 Å². The van der Waals surface area contributed by atoms with E-state index in [1.54, 1.807) is 0 Å². The Morgan fingerprint density at radius 3 is 2.88 bits per heavy atom. The van der Waals surface area contributed by atoms with Gasteiger partial charge in [0, 0.05) is 26.2 Å². The van der Waals surface area contributed by atoms with Crippen LogP contribution in [0.15, 0.2) is 24.3 Å². The first-order chi connectivity index (χ1) is 8.29. The van der Waals surface area contributed by atoms with E-state index in [0.29, 0.717) is 0 Å². The number of rotatable bonds is 2. The Morgan fingerprint density at radius 1 is 1.35 bits per heavy atom. The average Bonchev–Trinajstić information content (AvgIpc) is 2.91. The number of hydrogen-bond donors (Lipinski definition) is 2. The lowest BCUT2D eigenvalue weighted by molar-refractivity contribution is 0.693. The first kappa shape index (κ1) is 10.1. The number of fused-ring (bicyclic) bond motifs is 1. The van der Waals surface area contributed by atoms with Crippen LogP contribution in [-0.2, 0) is 13.5 Å². The second kappa shape index (κ2) is 3.76. The zero-order chi connectivity index (χ0) is 11.8. The molecule has 0 amide bonds. The van der Waals surface area contributed by atoms with Gasteiger partial charge in [0.05, 0.1) is 6.04 Å². The van der Waals surface area contributed by atoms with Crippen LogP contribution in [0.1, 0.15) is 17.4 Å². The molecule has 2 N–H and O–H groups in total. The summed E-state index contributed by atoms with van der Waals surface area (Å²) >= 11 is 0. The Bertz CT molecular complexity index is 521. The van der Waals surface area contributed by atoms with Gasteiger partial charge in [-0.1, -0.05) is 18.2 Å². The quantitative estimate of drug-likeness (QED) is 0.820. The van der Waals surface area contributed by atoms with E-state index in [9.17, 15) is 0 Å². The highest BCUT2D eigenvalue weighted by Crippen LogP contribution is 2.33. The number of aromatic nitrogens is 3. The van der Waals surface area contributed by atoms with E-state index in [1.165, 1.54) is 11.3 Å². The highest BCUT2D eigenvalue weighted by Gasteiger charge is 2.25. The van der Waals surface area contributed by atoms with Crippen molar-refractivity contribution in [2.24, 2.45) is 7.05 Å². The molecule has 1 atom stereocenters. The zero-order valence-electron chi connectivity index (χ0n) is 9.94. The molecular weight excluding hydrogens is 214 g/mol. The van der Waals surface area contributed by atoms with Crippen LogP contribution in [-0.4, -0.2) is 21.8 Å². The lowest BCUT2D eigenvalue weighted by Crippen LogP contribution is -2.12. The number of benzene rings is 1. The standard InChI is InChI=1S/C12H15N5/c1-13-12-16-15-11(17(12)2)10-7-8-5-3-4-6-9(8)14-10/h3-6,10,14H,7H2,1-2H3,(H,13,16). The van der Waals surface area contributed by atoms with Crippen LogP contribution < -0.4 is 10.6 Å². The highest BCUT2D eigenvalue weighted by atomic mass is 15.3. The van der Waals surface area contributed by atoms with Gasteiger partial charge in [-0.25, -0.2) is 0 Å². The highest BCUT2D eigenvalue weighted by molar-refractivity contribution is 5.57. The summed E-state index contributed by atoms with van der Waals surface area (Å²) in [4.78, 5) is 0. The minimum atomic E-state index is 0.215. The Hall–Kier alpha value is -2.04. The molecule has 3 rings (SSSR count). The molecule has 0 aliphatic carbocycles. The van der Waals surface area contributed by atoms with Crippen molar-refractivity contribution in [3.8, 4) is 0 Å². The molecule has 0 saturated heterocycles. The molecular formula is C12H15N5. The van der Waals surface area contributed by atoms with Gasteiger partial charge in [0.25, 0.3) is 0 Å². The normalized spacial score (nSPS) is 17.6. The summed E-state index contributed by atoms with van der Waals surface area (Å²) in [6, 6.07) is 8.58. The van der Waals surface area contributed by atoms with Gasteiger partial charge in [-0.2, -0.15) is 0 Å². The van der Waals surface area contributed by atoms with E-state index in [1.807, 2.05) is 24.7 Å². The molecule has 2 aromatic rings. The van der Waals surface area contributed by atoms with Gasteiger partial charge < -0.3 is 10.6 Å². The molecule has 5 heteroatoms. The maximum Gasteiger partial charge on any atom is 0.224 e. The van der Waals surface area contributed by atoms with Gasteiger partial charge in [-0.05, 0) is 11.6 Å². The molecule has 2 heterocycles. The molecule has 1 aliphatic heterocycles. The number of hydrogen-bond acceptors (Lipinski definition) is 4. The van der Waals surface area contributed by atoms with Gasteiger partial charge in [-0.3, -0.25) is 4.57 Å². The summed E-state index contributed by atoms with van der Waals surface area (Å²) in [7, 11) is 3.83. The van der Waals surface area contributed by atoms with Crippen molar-refractivity contribution in [1.82, 2.24) is 14.8 Å². The van der Waals surface area contributed by atoms with Crippen LogP contribution in [0, 0.1) is 0 Å². The Labute approximate surface area is 99.9 Å². The number of para-hydroxylation sites is 1. The average molecular weight is 229 g/mol. The Kier molecular flexibility index (Phi) is 2.24. The van der Waals surface area contributed by atoms with Gasteiger partial charge in [0.2, 0.25) is 5.95 Å².